The summed E-state index contributed by atoms with van der Waals surface area (Å²) in [6.07, 6.45) is 0.160. The van der Waals surface area contributed by atoms with Crippen LogP contribution in [0.1, 0.15) is 48.2 Å². The minimum atomic E-state index is -1.74. The van der Waals surface area contributed by atoms with Crippen molar-refractivity contribution in [3.05, 3.63) is 88.4 Å². The molecule has 0 fully saturated rings. The van der Waals surface area contributed by atoms with Gasteiger partial charge >= 0.3 is 0 Å². The molecule has 0 saturated heterocycles. The Morgan fingerprint density at radius 2 is 1.08 bits per heavy atom. The van der Waals surface area contributed by atoms with E-state index in [2.05, 4.69) is 25.0 Å². The van der Waals surface area contributed by atoms with Crippen molar-refractivity contribution in [2.75, 3.05) is 47.6 Å². The Hall–Kier alpha value is -6.61. The minimum absolute atomic E-state index is 0.0595. The topological polar surface area (TPSA) is 213 Å². The number of rotatable bonds is 6. The van der Waals surface area contributed by atoms with Gasteiger partial charge in [0, 0.05) is 69.4 Å². The number of nitrogens with zero attached hydrogens (tertiary/aromatic N) is 3. The number of anilines is 3. The Kier molecular flexibility index (Phi) is 7.08. The number of aromatic amines is 3. The van der Waals surface area contributed by atoms with Crippen molar-refractivity contribution < 1.29 is 33.8 Å². The number of fused-ring (bicyclic) bond motifs is 9. The average molecular weight is 700 g/mol. The van der Waals surface area contributed by atoms with Gasteiger partial charge in [0.25, 0.3) is 23.9 Å². The fourth-order valence-corrected chi connectivity index (χ4v) is 8.03. The first kappa shape index (κ1) is 31.4. The summed E-state index contributed by atoms with van der Waals surface area (Å²) in [4.78, 5) is 78.1. The van der Waals surface area contributed by atoms with Crippen LogP contribution in [0.3, 0.4) is 0 Å². The summed E-state index contributed by atoms with van der Waals surface area (Å²) in [7, 11) is 0. The van der Waals surface area contributed by atoms with Crippen molar-refractivity contribution in [2.24, 2.45) is 5.73 Å². The van der Waals surface area contributed by atoms with Crippen LogP contribution in [0.5, 0.6) is 0 Å². The standard InChI is InChI=1S/C37H32N8O7/c38-16-33(46)43-10-7-18-22-14-28(41-25(22)1-4-30(18)43)35(48)45-12-9-20-23-15-29(42-26(23)3-6-32(20)45)36(49)44-11-8-19-21-13-27(34(47)39-17-52-37(50)51)40-24(21)2-5-31(19)44/h1-6,13-15,40-42H,7-12,16-17,38H2,(H,39,47)(H,50,51)/p-1. The Bertz CT molecular complexity index is 2550. The lowest BCUT2D eigenvalue weighted by atomic mass is 10.1. The normalized spacial score (nSPS) is 14.7. The number of H-pyrrole nitrogens is 3. The molecule has 15 nitrogen and oxygen atoms in total. The molecule has 52 heavy (non-hydrogen) atoms. The molecule has 6 aromatic rings. The van der Waals surface area contributed by atoms with E-state index in [0.717, 1.165) is 60.9 Å². The molecule has 3 aromatic carbocycles. The highest BCUT2D eigenvalue weighted by molar-refractivity contribution is 6.14. The molecule has 4 amide bonds. The summed E-state index contributed by atoms with van der Waals surface area (Å²) in [5, 5.41) is 15.4. The summed E-state index contributed by atoms with van der Waals surface area (Å²) in [6, 6.07) is 16.6. The zero-order chi connectivity index (χ0) is 35.8. The minimum Gasteiger partial charge on any atom is -0.530 e. The first-order chi connectivity index (χ1) is 25.2. The maximum Gasteiger partial charge on any atom is 0.274 e. The van der Waals surface area contributed by atoms with Crippen molar-refractivity contribution in [1.82, 2.24) is 20.3 Å². The number of carbonyl (C=O) groups excluding carboxylic acids is 5. The number of amides is 4. The molecule has 0 atom stereocenters. The number of nitrogens with one attached hydrogen (secondary N) is 4. The van der Waals surface area contributed by atoms with Crippen molar-refractivity contribution in [1.29, 1.82) is 0 Å². The van der Waals surface area contributed by atoms with Crippen LogP contribution < -0.4 is 30.9 Å². The molecule has 3 aliphatic heterocycles. The predicted molar refractivity (Wildman–Crippen MR) is 190 cm³/mol. The lowest BCUT2D eigenvalue weighted by Crippen LogP contribution is -2.34. The Morgan fingerprint density at radius 1 is 0.654 bits per heavy atom. The second-order valence-corrected chi connectivity index (χ2v) is 13.1. The number of aromatic nitrogens is 3. The van der Waals surface area contributed by atoms with Crippen LogP contribution in [0.25, 0.3) is 32.7 Å². The van der Waals surface area contributed by atoms with Gasteiger partial charge in [0.15, 0.2) is 0 Å². The van der Waals surface area contributed by atoms with Crippen LogP contribution in [-0.2, 0) is 28.8 Å². The fourth-order valence-electron chi connectivity index (χ4n) is 8.03. The van der Waals surface area contributed by atoms with E-state index in [-0.39, 0.29) is 30.0 Å². The molecule has 6 heterocycles. The fraction of sp³-hybridized carbons (Fsp3) is 0.216. The third-order valence-corrected chi connectivity index (χ3v) is 10.4. The van der Waals surface area contributed by atoms with Crippen LogP contribution in [0.15, 0.2) is 54.6 Å². The number of hydrogen-bond donors (Lipinski definition) is 5. The van der Waals surface area contributed by atoms with E-state index in [1.165, 1.54) is 0 Å². The Morgan fingerprint density at radius 3 is 1.54 bits per heavy atom. The molecule has 0 unspecified atom stereocenters. The van der Waals surface area contributed by atoms with Crippen LogP contribution in [0.4, 0.5) is 21.9 Å². The highest BCUT2D eigenvalue weighted by atomic mass is 16.7. The summed E-state index contributed by atoms with van der Waals surface area (Å²) in [6.45, 7) is 0.903. The third kappa shape index (κ3) is 4.80. The number of hydrogen-bond acceptors (Lipinski definition) is 8. The van der Waals surface area contributed by atoms with E-state index in [0.29, 0.717) is 55.8 Å². The van der Waals surface area contributed by atoms with Gasteiger partial charge in [-0.15, -0.1) is 0 Å². The average Bonchev–Trinajstić information content (AvgIpc) is 3.98. The van der Waals surface area contributed by atoms with Gasteiger partial charge < -0.3 is 55.3 Å². The molecular weight excluding hydrogens is 668 g/mol. The molecule has 262 valence electrons. The molecule has 0 radical (unpaired) electrons. The van der Waals surface area contributed by atoms with Gasteiger partial charge in [0.2, 0.25) is 5.91 Å². The van der Waals surface area contributed by atoms with E-state index < -0.39 is 18.8 Å². The number of nitrogens with two attached hydrogens (primary N) is 1. The first-order valence-corrected chi connectivity index (χ1v) is 16.9. The van der Waals surface area contributed by atoms with Gasteiger partial charge in [-0.1, -0.05) is 0 Å². The zero-order valence-corrected chi connectivity index (χ0v) is 27.6. The molecule has 15 heteroatoms. The van der Waals surface area contributed by atoms with Gasteiger partial charge in [-0.2, -0.15) is 0 Å². The van der Waals surface area contributed by atoms with Crippen LogP contribution in [0.2, 0.25) is 0 Å². The Labute approximate surface area is 294 Å². The van der Waals surface area contributed by atoms with Crippen molar-refractivity contribution >= 4 is 79.6 Å². The monoisotopic (exact) mass is 699 g/mol. The largest absolute Gasteiger partial charge is 0.530 e. The smallest absolute Gasteiger partial charge is 0.274 e. The summed E-state index contributed by atoms with van der Waals surface area (Å²) >= 11 is 0. The SMILES string of the molecule is NCC(=O)N1CCc2c1ccc1[nH]c(C(=O)N3CCc4c3ccc3[nH]c(C(=O)N5CCc6c5ccc5[nH]c(C(=O)NCOC(=O)[O-])cc65)cc43)cc21. The summed E-state index contributed by atoms with van der Waals surface area (Å²) in [5.41, 5.74) is 14.4. The second-order valence-electron chi connectivity index (χ2n) is 13.1. The lowest BCUT2D eigenvalue weighted by Gasteiger charge is -2.16. The maximum absolute atomic E-state index is 14.0. The number of carboxylic acid groups (broad SMARTS) is 1. The van der Waals surface area contributed by atoms with Crippen molar-refractivity contribution in [3.63, 3.8) is 0 Å². The molecule has 0 spiro atoms. The van der Waals surface area contributed by atoms with Crippen molar-refractivity contribution in [3.8, 4) is 0 Å². The molecule has 3 aliphatic rings. The zero-order valence-electron chi connectivity index (χ0n) is 27.6. The highest BCUT2D eigenvalue weighted by Gasteiger charge is 2.33. The quantitative estimate of drug-likeness (QED) is 0.128. The molecule has 6 N–H and O–H groups in total. The van der Waals surface area contributed by atoms with Crippen molar-refractivity contribution in [2.45, 2.75) is 19.3 Å². The summed E-state index contributed by atoms with van der Waals surface area (Å²) in [5.74, 6) is -1.02. The first-order valence-electron chi connectivity index (χ1n) is 16.9. The second kappa shape index (κ2) is 11.7. The van der Waals surface area contributed by atoms with Gasteiger partial charge in [0.1, 0.15) is 23.8 Å². The predicted octanol–water partition coefficient (Wildman–Crippen LogP) is 2.43. The van der Waals surface area contributed by atoms with Crippen LogP contribution in [0, 0.1) is 0 Å². The third-order valence-electron chi connectivity index (χ3n) is 10.4. The van der Waals surface area contributed by atoms with Gasteiger partial charge in [-0.05, 0) is 90.6 Å². The molecule has 3 aromatic heterocycles. The molecule has 0 aliphatic carbocycles. The van der Waals surface area contributed by atoms with E-state index in [4.69, 9.17) is 5.73 Å². The van der Waals surface area contributed by atoms with E-state index >= 15 is 0 Å². The van der Waals surface area contributed by atoms with Crippen LogP contribution >= 0.6 is 0 Å². The van der Waals surface area contributed by atoms with Gasteiger partial charge in [0.05, 0.1) is 6.54 Å². The number of benzene rings is 3. The summed E-state index contributed by atoms with van der Waals surface area (Å²) < 4.78 is 4.26. The number of carbonyl (C=O) groups is 5. The molecular formula is C37H31N8O7-. The maximum atomic E-state index is 14.0. The van der Waals surface area contributed by atoms with E-state index in [1.54, 1.807) is 26.8 Å². The molecule has 9 rings (SSSR count). The highest BCUT2D eigenvalue weighted by Crippen LogP contribution is 2.39. The van der Waals surface area contributed by atoms with Gasteiger partial charge in [-0.25, -0.2) is 0 Å². The van der Waals surface area contributed by atoms with E-state index in [9.17, 15) is 29.1 Å². The van der Waals surface area contributed by atoms with E-state index in [1.807, 2.05) is 42.5 Å². The van der Waals surface area contributed by atoms with Gasteiger partial charge in [-0.3, -0.25) is 19.2 Å². The Balaban J connectivity index is 0.963. The number of ether oxygens (including phenoxy) is 1. The molecule has 0 bridgehead atoms. The molecule has 0 saturated carbocycles. The lowest BCUT2D eigenvalue weighted by molar-refractivity contribution is -0.282. The van der Waals surface area contributed by atoms with Crippen LogP contribution in [-0.4, -0.2) is 77.6 Å².